The largest absolute Gasteiger partial charge is 0.497 e. The van der Waals surface area contributed by atoms with Gasteiger partial charge in [0.25, 0.3) is 0 Å². The topological polar surface area (TPSA) is 46.5 Å². The van der Waals surface area contributed by atoms with E-state index in [0.29, 0.717) is 11.3 Å². The quantitative estimate of drug-likeness (QED) is 0.937. The Bertz CT molecular complexity index is 593. The molecule has 1 N–H and O–H groups in total. The predicted octanol–water partition coefficient (Wildman–Crippen LogP) is 3.82. The Hall–Kier alpha value is -1.81. The zero-order valence-electron chi connectivity index (χ0n) is 9.68. The molecule has 0 aliphatic heterocycles. The minimum absolute atomic E-state index is 0.223. The molecule has 2 aromatic rings. The monoisotopic (exact) mass is 306 g/mol. The maximum Gasteiger partial charge on any atom is 0.336 e. The molecular weight excluding hydrogens is 296 g/mol. The van der Waals surface area contributed by atoms with E-state index in [-0.39, 0.29) is 5.56 Å². The van der Waals surface area contributed by atoms with Crippen LogP contribution in [0.15, 0.2) is 46.9 Å². The number of hydrogen-bond donors (Lipinski definition) is 1. The van der Waals surface area contributed by atoms with Crippen molar-refractivity contribution in [2.45, 2.75) is 0 Å². The highest BCUT2D eigenvalue weighted by molar-refractivity contribution is 9.10. The minimum atomic E-state index is -0.973. The maximum absolute atomic E-state index is 11.3. The van der Waals surface area contributed by atoms with Crippen molar-refractivity contribution in [2.24, 2.45) is 0 Å². The number of aromatic carboxylic acids is 1. The second-order valence-electron chi connectivity index (χ2n) is 3.70. The van der Waals surface area contributed by atoms with Gasteiger partial charge in [-0.3, -0.25) is 0 Å². The summed E-state index contributed by atoms with van der Waals surface area (Å²) < 4.78 is 5.91. The van der Waals surface area contributed by atoms with Gasteiger partial charge in [0.1, 0.15) is 5.75 Å². The van der Waals surface area contributed by atoms with E-state index >= 15 is 0 Å². The van der Waals surface area contributed by atoms with E-state index in [1.54, 1.807) is 12.1 Å². The van der Waals surface area contributed by atoms with Gasteiger partial charge in [-0.1, -0.05) is 34.1 Å². The Balaban J connectivity index is 2.64. The summed E-state index contributed by atoms with van der Waals surface area (Å²) in [7, 11) is 1.51. The fraction of sp³-hybridized carbons (Fsp3) is 0.0714. The normalized spacial score (nSPS) is 10.1. The molecule has 0 aliphatic carbocycles. The highest BCUT2D eigenvalue weighted by atomic mass is 79.9. The Labute approximate surface area is 113 Å². The number of ether oxygens (including phenoxy) is 1. The van der Waals surface area contributed by atoms with Crippen LogP contribution in [-0.4, -0.2) is 18.2 Å². The van der Waals surface area contributed by atoms with E-state index in [4.69, 9.17) is 4.74 Å². The number of methoxy groups -OCH3 is 1. The molecule has 0 amide bonds. The lowest BCUT2D eigenvalue weighted by Gasteiger charge is -2.10. The van der Waals surface area contributed by atoms with Crippen LogP contribution in [0.3, 0.4) is 0 Å². The molecule has 92 valence electrons. The first-order valence-electron chi connectivity index (χ1n) is 5.29. The van der Waals surface area contributed by atoms with Crippen molar-refractivity contribution in [3.05, 3.63) is 52.5 Å². The van der Waals surface area contributed by atoms with Crippen LogP contribution in [0, 0.1) is 0 Å². The lowest BCUT2D eigenvalue weighted by molar-refractivity contribution is 0.0697. The summed E-state index contributed by atoms with van der Waals surface area (Å²) >= 11 is 3.43. The van der Waals surface area contributed by atoms with Crippen LogP contribution >= 0.6 is 15.9 Å². The van der Waals surface area contributed by atoms with Crippen molar-refractivity contribution in [1.29, 1.82) is 0 Å². The van der Waals surface area contributed by atoms with E-state index in [1.807, 2.05) is 24.3 Å². The van der Waals surface area contributed by atoms with Crippen molar-refractivity contribution < 1.29 is 14.6 Å². The zero-order valence-corrected chi connectivity index (χ0v) is 11.3. The molecule has 0 atom stereocenters. The zero-order chi connectivity index (χ0) is 13.1. The van der Waals surface area contributed by atoms with Crippen LogP contribution in [0.1, 0.15) is 10.4 Å². The first-order chi connectivity index (χ1) is 8.63. The first-order valence-corrected chi connectivity index (χ1v) is 6.09. The third kappa shape index (κ3) is 2.38. The molecule has 0 unspecified atom stereocenters. The van der Waals surface area contributed by atoms with E-state index in [0.717, 1.165) is 10.0 Å². The third-order valence-corrected chi connectivity index (χ3v) is 3.31. The molecule has 0 radical (unpaired) electrons. The average molecular weight is 307 g/mol. The molecule has 0 saturated carbocycles. The molecule has 2 aromatic carbocycles. The molecule has 2 rings (SSSR count). The summed E-state index contributed by atoms with van der Waals surface area (Å²) in [5, 5.41) is 9.27. The fourth-order valence-corrected chi connectivity index (χ4v) is 2.24. The smallest absolute Gasteiger partial charge is 0.336 e. The van der Waals surface area contributed by atoms with Crippen molar-refractivity contribution in [1.82, 2.24) is 0 Å². The molecule has 0 bridgehead atoms. The van der Waals surface area contributed by atoms with Gasteiger partial charge in [0.15, 0.2) is 0 Å². The van der Waals surface area contributed by atoms with Crippen molar-refractivity contribution in [3.8, 4) is 16.9 Å². The molecule has 18 heavy (non-hydrogen) atoms. The van der Waals surface area contributed by atoms with Crippen LogP contribution in [0.2, 0.25) is 0 Å². The summed E-state index contributed by atoms with van der Waals surface area (Å²) in [6.45, 7) is 0. The van der Waals surface area contributed by atoms with Gasteiger partial charge in [-0.2, -0.15) is 0 Å². The van der Waals surface area contributed by atoms with E-state index in [9.17, 15) is 9.90 Å². The van der Waals surface area contributed by atoms with Crippen molar-refractivity contribution in [3.63, 3.8) is 0 Å². The molecule has 0 heterocycles. The lowest BCUT2D eigenvalue weighted by Crippen LogP contribution is -2.00. The van der Waals surface area contributed by atoms with Gasteiger partial charge in [0.05, 0.1) is 12.7 Å². The highest BCUT2D eigenvalue weighted by Crippen LogP contribution is 2.32. The fourth-order valence-electron chi connectivity index (χ4n) is 1.74. The van der Waals surface area contributed by atoms with Gasteiger partial charge < -0.3 is 9.84 Å². The SMILES string of the molecule is COc1ccc(-c2ccccc2Br)c(C(=O)O)c1. The van der Waals surface area contributed by atoms with Crippen LogP contribution in [-0.2, 0) is 0 Å². The summed E-state index contributed by atoms with van der Waals surface area (Å²) in [5.41, 5.74) is 1.73. The van der Waals surface area contributed by atoms with Gasteiger partial charge in [0, 0.05) is 4.47 Å². The highest BCUT2D eigenvalue weighted by Gasteiger charge is 2.14. The van der Waals surface area contributed by atoms with Crippen LogP contribution in [0.4, 0.5) is 0 Å². The number of benzene rings is 2. The number of halogens is 1. The number of carboxylic acids is 1. The molecule has 0 fully saturated rings. The Morgan fingerprint density at radius 3 is 2.50 bits per heavy atom. The molecule has 0 saturated heterocycles. The summed E-state index contributed by atoms with van der Waals surface area (Å²) in [4.78, 5) is 11.3. The molecule has 0 aliphatic rings. The van der Waals surface area contributed by atoms with Crippen LogP contribution in [0.5, 0.6) is 5.75 Å². The average Bonchev–Trinajstić information content (AvgIpc) is 2.38. The van der Waals surface area contributed by atoms with Gasteiger partial charge in [-0.15, -0.1) is 0 Å². The molecule has 4 heteroatoms. The lowest BCUT2D eigenvalue weighted by atomic mass is 9.99. The van der Waals surface area contributed by atoms with E-state index in [2.05, 4.69) is 15.9 Å². The Morgan fingerprint density at radius 2 is 1.89 bits per heavy atom. The number of rotatable bonds is 3. The van der Waals surface area contributed by atoms with Gasteiger partial charge >= 0.3 is 5.97 Å². The second-order valence-corrected chi connectivity index (χ2v) is 4.55. The molecule has 0 spiro atoms. The Morgan fingerprint density at radius 1 is 1.17 bits per heavy atom. The molecule has 3 nitrogen and oxygen atoms in total. The standard InChI is InChI=1S/C14H11BrO3/c1-18-9-6-7-10(12(8-9)14(16)17)11-4-2-3-5-13(11)15/h2-8H,1H3,(H,16,17). The predicted molar refractivity (Wildman–Crippen MR) is 73.1 cm³/mol. The third-order valence-electron chi connectivity index (χ3n) is 2.62. The molecule has 0 aromatic heterocycles. The van der Waals surface area contributed by atoms with E-state index < -0.39 is 5.97 Å². The Kier molecular flexibility index (Phi) is 3.67. The number of hydrogen-bond acceptors (Lipinski definition) is 2. The summed E-state index contributed by atoms with van der Waals surface area (Å²) in [6, 6.07) is 12.5. The van der Waals surface area contributed by atoms with Crippen molar-refractivity contribution in [2.75, 3.05) is 7.11 Å². The minimum Gasteiger partial charge on any atom is -0.497 e. The first kappa shape index (κ1) is 12.6. The number of carbonyl (C=O) groups is 1. The number of carboxylic acid groups (broad SMARTS) is 1. The van der Waals surface area contributed by atoms with E-state index in [1.165, 1.54) is 13.2 Å². The second kappa shape index (κ2) is 5.23. The molecular formula is C14H11BrO3. The maximum atomic E-state index is 11.3. The van der Waals surface area contributed by atoms with Gasteiger partial charge in [0.2, 0.25) is 0 Å². The summed E-state index contributed by atoms with van der Waals surface area (Å²) in [6.07, 6.45) is 0. The van der Waals surface area contributed by atoms with Crippen LogP contribution in [0.25, 0.3) is 11.1 Å². The van der Waals surface area contributed by atoms with Crippen LogP contribution < -0.4 is 4.74 Å². The van der Waals surface area contributed by atoms with Gasteiger partial charge in [-0.25, -0.2) is 4.79 Å². The summed E-state index contributed by atoms with van der Waals surface area (Å²) in [5.74, 6) is -0.442. The van der Waals surface area contributed by atoms with Crippen molar-refractivity contribution >= 4 is 21.9 Å². The van der Waals surface area contributed by atoms with Gasteiger partial charge in [-0.05, 0) is 35.4 Å².